The zero-order valence-electron chi connectivity index (χ0n) is 13.8. The molecule has 2 aromatic rings. The first-order valence-electron chi connectivity index (χ1n) is 7.51. The molecule has 130 valence electrons. The van der Waals surface area contributed by atoms with Crippen molar-refractivity contribution in [2.75, 3.05) is 7.11 Å². The first-order chi connectivity index (χ1) is 12.0. The fourth-order valence-corrected chi connectivity index (χ4v) is 1.91. The SMILES string of the molecule is COc1cccc(C(=O)O[C@@H](C)C(=O)NNC(=O)c2ccccc2)c1. The quantitative estimate of drug-likeness (QED) is 0.637. The van der Waals surface area contributed by atoms with Gasteiger partial charge in [0, 0.05) is 5.56 Å². The van der Waals surface area contributed by atoms with Crippen LogP contribution in [-0.2, 0) is 9.53 Å². The molecule has 0 aliphatic heterocycles. The summed E-state index contributed by atoms with van der Waals surface area (Å²) in [7, 11) is 1.48. The van der Waals surface area contributed by atoms with Gasteiger partial charge in [-0.15, -0.1) is 0 Å². The number of nitrogens with one attached hydrogen (secondary N) is 2. The Kier molecular flexibility index (Phi) is 6.11. The lowest BCUT2D eigenvalue weighted by atomic mass is 10.2. The van der Waals surface area contributed by atoms with Crippen LogP contribution in [0.4, 0.5) is 0 Å². The molecule has 2 amide bonds. The van der Waals surface area contributed by atoms with Crippen LogP contribution in [0.25, 0.3) is 0 Å². The van der Waals surface area contributed by atoms with Gasteiger partial charge in [0.15, 0.2) is 6.10 Å². The number of methoxy groups -OCH3 is 1. The van der Waals surface area contributed by atoms with E-state index in [-0.39, 0.29) is 5.56 Å². The van der Waals surface area contributed by atoms with Gasteiger partial charge >= 0.3 is 5.97 Å². The third-order valence-corrected chi connectivity index (χ3v) is 3.29. The number of amides is 2. The van der Waals surface area contributed by atoms with Gasteiger partial charge < -0.3 is 9.47 Å². The van der Waals surface area contributed by atoms with Gasteiger partial charge in [-0.3, -0.25) is 20.4 Å². The lowest BCUT2D eigenvalue weighted by molar-refractivity contribution is -0.129. The molecule has 25 heavy (non-hydrogen) atoms. The zero-order chi connectivity index (χ0) is 18.2. The molecule has 0 aromatic heterocycles. The Balaban J connectivity index is 1.87. The molecule has 0 spiro atoms. The van der Waals surface area contributed by atoms with Crippen molar-refractivity contribution in [1.29, 1.82) is 0 Å². The Morgan fingerprint density at radius 3 is 2.28 bits per heavy atom. The maximum absolute atomic E-state index is 12.0. The van der Waals surface area contributed by atoms with Gasteiger partial charge in [-0.2, -0.15) is 0 Å². The van der Waals surface area contributed by atoms with Crippen molar-refractivity contribution in [2.45, 2.75) is 13.0 Å². The van der Waals surface area contributed by atoms with Crippen molar-refractivity contribution in [3.05, 3.63) is 65.7 Å². The minimum absolute atomic E-state index is 0.257. The summed E-state index contributed by atoms with van der Waals surface area (Å²) in [6, 6.07) is 14.8. The van der Waals surface area contributed by atoms with Gasteiger partial charge in [-0.1, -0.05) is 24.3 Å². The second kappa shape index (κ2) is 8.49. The van der Waals surface area contributed by atoms with E-state index < -0.39 is 23.9 Å². The molecule has 2 rings (SSSR count). The number of hydrogen-bond acceptors (Lipinski definition) is 5. The van der Waals surface area contributed by atoms with Crippen molar-refractivity contribution < 1.29 is 23.9 Å². The Labute approximate surface area is 144 Å². The van der Waals surface area contributed by atoms with Crippen LogP contribution in [0.3, 0.4) is 0 Å². The number of rotatable bonds is 5. The number of hydrazine groups is 1. The molecule has 7 nitrogen and oxygen atoms in total. The molecule has 0 aliphatic carbocycles. The standard InChI is InChI=1S/C18H18N2O5/c1-12(25-18(23)14-9-6-10-15(11-14)24-2)16(21)19-20-17(22)13-7-4-3-5-8-13/h3-12H,1-2H3,(H,19,21)(H,20,22)/t12-/m0/s1. The van der Waals surface area contributed by atoms with E-state index in [4.69, 9.17) is 9.47 Å². The highest BCUT2D eigenvalue weighted by Gasteiger charge is 2.19. The minimum Gasteiger partial charge on any atom is -0.497 e. The van der Waals surface area contributed by atoms with E-state index in [1.165, 1.54) is 20.1 Å². The number of esters is 1. The summed E-state index contributed by atoms with van der Waals surface area (Å²) in [5.41, 5.74) is 5.13. The molecule has 0 radical (unpaired) electrons. The van der Waals surface area contributed by atoms with Crippen LogP contribution in [0.15, 0.2) is 54.6 Å². The second-order valence-electron chi connectivity index (χ2n) is 5.09. The highest BCUT2D eigenvalue weighted by molar-refractivity contribution is 5.96. The van der Waals surface area contributed by atoms with E-state index in [1.807, 2.05) is 0 Å². The van der Waals surface area contributed by atoms with Crippen LogP contribution in [-0.4, -0.2) is 31.0 Å². The lowest BCUT2D eigenvalue weighted by Crippen LogP contribution is -2.46. The topological polar surface area (TPSA) is 93.7 Å². The van der Waals surface area contributed by atoms with Gasteiger partial charge in [-0.25, -0.2) is 4.79 Å². The number of carbonyl (C=O) groups is 3. The fraction of sp³-hybridized carbons (Fsp3) is 0.167. The molecule has 0 aliphatic rings. The summed E-state index contributed by atoms with van der Waals surface area (Å²) in [5.74, 6) is -1.29. The van der Waals surface area contributed by atoms with Crippen molar-refractivity contribution in [3.63, 3.8) is 0 Å². The summed E-state index contributed by atoms with van der Waals surface area (Å²) >= 11 is 0. The molecule has 2 aromatic carbocycles. The maximum atomic E-state index is 12.0. The Morgan fingerprint density at radius 1 is 0.920 bits per heavy atom. The molecule has 0 saturated heterocycles. The first kappa shape index (κ1) is 18.0. The first-order valence-corrected chi connectivity index (χ1v) is 7.51. The zero-order valence-corrected chi connectivity index (χ0v) is 13.8. The number of carbonyl (C=O) groups excluding carboxylic acids is 3. The van der Waals surface area contributed by atoms with Gasteiger partial charge in [-0.05, 0) is 37.3 Å². The lowest BCUT2D eigenvalue weighted by Gasteiger charge is -2.14. The summed E-state index contributed by atoms with van der Waals surface area (Å²) in [6.07, 6.45) is -1.09. The fourth-order valence-electron chi connectivity index (χ4n) is 1.91. The van der Waals surface area contributed by atoms with Crippen molar-refractivity contribution >= 4 is 17.8 Å². The predicted octanol–water partition coefficient (Wildman–Crippen LogP) is 1.70. The van der Waals surface area contributed by atoms with E-state index >= 15 is 0 Å². The van der Waals surface area contributed by atoms with Crippen LogP contribution in [0.5, 0.6) is 5.75 Å². The van der Waals surface area contributed by atoms with Crippen LogP contribution in [0.1, 0.15) is 27.6 Å². The van der Waals surface area contributed by atoms with Gasteiger partial charge in [0.05, 0.1) is 12.7 Å². The summed E-state index contributed by atoms with van der Waals surface area (Å²) in [4.78, 5) is 35.8. The molecule has 0 fully saturated rings. The molecule has 0 unspecified atom stereocenters. The van der Waals surface area contributed by atoms with Crippen LogP contribution >= 0.6 is 0 Å². The van der Waals surface area contributed by atoms with E-state index in [0.29, 0.717) is 11.3 Å². The molecular formula is C18H18N2O5. The molecule has 0 heterocycles. The second-order valence-corrected chi connectivity index (χ2v) is 5.09. The number of hydrogen-bond donors (Lipinski definition) is 2. The van der Waals surface area contributed by atoms with Gasteiger partial charge in [0.25, 0.3) is 11.8 Å². The molecule has 0 saturated carbocycles. The summed E-state index contributed by atoms with van der Waals surface area (Å²) < 4.78 is 10.1. The van der Waals surface area contributed by atoms with Crippen molar-refractivity contribution in [1.82, 2.24) is 10.9 Å². The van der Waals surface area contributed by atoms with Crippen molar-refractivity contribution in [3.8, 4) is 5.75 Å². The Bertz CT molecular complexity index is 761. The van der Waals surface area contributed by atoms with E-state index in [1.54, 1.807) is 48.5 Å². The summed E-state index contributed by atoms with van der Waals surface area (Å²) in [6.45, 7) is 1.40. The van der Waals surface area contributed by atoms with Crippen molar-refractivity contribution in [2.24, 2.45) is 0 Å². The third-order valence-electron chi connectivity index (χ3n) is 3.29. The predicted molar refractivity (Wildman–Crippen MR) is 89.9 cm³/mol. The summed E-state index contributed by atoms with van der Waals surface area (Å²) in [5, 5.41) is 0. The number of benzene rings is 2. The van der Waals surface area contributed by atoms with Gasteiger partial charge in [0.1, 0.15) is 5.75 Å². The van der Waals surface area contributed by atoms with Crippen LogP contribution in [0, 0.1) is 0 Å². The van der Waals surface area contributed by atoms with E-state index in [2.05, 4.69) is 10.9 Å². The smallest absolute Gasteiger partial charge is 0.339 e. The van der Waals surface area contributed by atoms with Gasteiger partial charge in [0.2, 0.25) is 0 Å². The highest BCUT2D eigenvalue weighted by Crippen LogP contribution is 2.14. The molecule has 0 bridgehead atoms. The third kappa shape index (κ3) is 5.07. The van der Waals surface area contributed by atoms with Crippen LogP contribution < -0.4 is 15.6 Å². The maximum Gasteiger partial charge on any atom is 0.339 e. The molecule has 1 atom stereocenters. The Hall–Kier alpha value is -3.35. The van der Waals surface area contributed by atoms with Crippen LogP contribution in [0.2, 0.25) is 0 Å². The largest absolute Gasteiger partial charge is 0.497 e. The average molecular weight is 342 g/mol. The minimum atomic E-state index is -1.09. The van der Waals surface area contributed by atoms with E-state index in [0.717, 1.165) is 0 Å². The van der Waals surface area contributed by atoms with E-state index in [9.17, 15) is 14.4 Å². The number of ether oxygens (including phenoxy) is 2. The Morgan fingerprint density at radius 2 is 1.60 bits per heavy atom. The normalized spacial score (nSPS) is 11.1. The molecule has 7 heteroatoms. The molecule has 2 N–H and O–H groups in total. The highest BCUT2D eigenvalue weighted by atomic mass is 16.5. The monoisotopic (exact) mass is 342 g/mol. The molecular weight excluding hydrogens is 324 g/mol. The average Bonchev–Trinajstić information content (AvgIpc) is 2.66.